The largest absolute Gasteiger partial charge is 0.460 e. The maximum Gasteiger partial charge on any atom is 0.340 e. The maximum absolute atomic E-state index is 13.8. The van der Waals surface area contributed by atoms with Gasteiger partial charge in [0, 0.05) is 0 Å². The molecule has 0 bridgehead atoms. The van der Waals surface area contributed by atoms with Crippen LogP contribution < -0.4 is 0 Å². The van der Waals surface area contributed by atoms with E-state index in [1.54, 1.807) is 0 Å². The highest BCUT2D eigenvalue weighted by Crippen LogP contribution is 2.35. The first-order valence-corrected chi connectivity index (χ1v) is 10.6. The molecule has 0 aliphatic heterocycles. The molecule has 1 fully saturated rings. The molecule has 1 atom stereocenters. The van der Waals surface area contributed by atoms with Crippen molar-refractivity contribution in [2.45, 2.75) is 77.0 Å². The Morgan fingerprint density at radius 2 is 1.57 bits per heavy atom. The van der Waals surface area contributed by atoms with Gasteiger partial charge in [-0.3, -0.25) is 0 Å². The minimum Gasteiger partial charge on any atom is -0.460 e. The summed E-state index contributed by atoms with van der Waals surface area (Å²) in [5.41, 5.74) is 5.07. The number of rotatable bonds is 7. The van der Waals surface area contributed by atoms with Gasteiger partial charge in [-0.05, 0) is 61.6 Å². The fraction of sp³-hybridized carbons (Fsp3) is 0.480. The number of esters is 1. The van der Waals surface area contributed by atoms with Crippen LogP contribution in [0.1, 0.15) is 68.9 Å². The lowest BCUT2D eigenvalue weighted by molar-refractivity contribution is -0.157. The molecule has 1 aliphatic carbocycles. The minimum atomic E-state index is -1.47. The summed E-state index contributed by atoms with van der Waals surface area (Å²) in [6, 6.07) is 17.4. The number of hydrogen-bond acceptors (Lipinski definition) is 2. The first-order chi connectivity index (χ1) is 13.6. The minimum absolute atomic E-state index is 0.129. The predicted molar refractivity (Wildman–Crippen MR) is 112 cm³/mol. The van der Waals surface area contributed by atoms with E-state index >= 15 is 0 Å². The van der Waals surface area contributed by atoms with Crippen LogP contribution in [0.15, 0.2) is 48.5 Å². The van der Waals surface area contributed by atoms with E-state index < -0.39 is 12.1 Å². The lowest BCUT2D eigenvalue weighted by Crippen LogP contribution is -2.28. The molecule has 0 N–H and O–H groups in total. The third kappa shape index (κ3) is 5.43. The van der Waals surface area contributed by atoms with Crippen LogP contribution in [0.2, 0.25) is 0 Å². The Morgan fingerprint density at radius 3 is 2.14 bits per heavy atom. The average molecular weight is 383 g/mol. The standard InChI is InChI=1S/C25H31FO2/c1-3-4-5-24(26)25(27)28-23-16-14-22(15-17-23)21-12-10-20(11-13-21)19-8-6-18(2)7-9-19/h6-13,22-24H,3-5,14-17H2,1-2H3/t22-,23-,24-/m0/s1. The Balaban J connectivity index is 1.51. The summed E-state index contributed by atoms with van der Waals surface area (Å²) < 4.78 is 19.2. The topological polar surface area (TPSA) is 26.3 Å². The van der Waals surface area contributed by atoms with Crippen molar-refractivity contribution >= 4 is 5.97 Å². The maximum atomic E-state index is 13.8. The zero-order chi connectivity index (χ0) is 19.9. The van der Waals surface area contributed by atoms with Crippen molar-refractivity contribution in [2.75, 3.05) is 0 Å². The van der Waals surface area contributed by atoms with Gasteiger partial charge in [0.2, 0.25) is 0 Å². The van der Waals surface area contributed by atoms with Crippen molar-refractivity contribution in [1.82, 2.24) is 0 Å². The molecule has 0 heterocycles. The molecule has 1 aliphatic rings. The molecule has 0 saturated heterocycles. The van der Waals surface area contributed by atoms with Crippen molar-refractivity contribution in [2.24, 2.45) is 0 Å². The van der Waals surface area contributed by atoms with E-state index in [0.717, 1.165) is 38.5 Å². The van der Waals surface area contributed by atoms with Crippen LogP contribution >= 0.6 is 0 Å². The van der Waals surface area contributed by atoms with Gasteiger partial charge in [-0.1, -0.05) is 73.9 Å². The summed E-state index contributed by atoms with van der Waals surface area (Å²) in [6.07, 6.45) is 3.89. The summed E-state index contributed by atoms with van der Waals surface area (Å²) in [7, 11) is 0. The van der Waals surface area contributed by atoms with Crippen molar-refractivity contribution < 1.29 is 13.9 Å². The number of benzene rings is 2. The van der Waals surface area contributed by atoms with Gasteiger partial charge in [0.05, 0.1) is 0 Å². The number of carbonyl (C=O) groups is 1. The molecule has 2 aromatic rings. The molecule has 3 heteroatoms. The van der Waals surface area contributed by atoms with Crippen LogP contribution in [0.3, 0.4) is 0 Å². The van der Waals surface area contributed by atoms with Crippen LogP contribution in [-0.4, -0.2) is 18.2 Å². The lowest BCUT2D eigenvalue weighted by Gasteiger charge is -2.29. The normalized spacial score (nSPS) is 20.5. The fourth-order valence-corrected chi connectivity index (χ4v) is 3.95. The number of aryl methyl sites for hydroxylation is 1. The third-order valence-electron chi connectivity index (χ3n) is 5.79. The van der Waals surface area contributed by atoms with Gasteiger partial charge >= 0.3 is 5.97 Å². The molecule has 1 saturated carbocycles. The van der Waals surface area contributed by atoms with Crippen molar-refractivity contribution in [3.05, 3.63) is 59.7 Å². The van der Waals surface area contributed by atoms with Crippen LogP contribution in [0.4, 0.5) is 4.39 Å². The molecule has 3 rings (SSSR count). The zero-order valence-corrected chi connectivity index (χ0v) is 17.0. The van der Waals surface area contributed by atoms with Crippen LogP contribution in [-0.2, 0) is 9.53 Å². The number of halogens is 1. The van der Waals surface area contributed by atoms with Crippen molar-refractivity contribution in [1.29, 1.82) is 0 Å². The Bertz CT molecular complexity index is 743. The predicted octanol–water partition coefficient (Wildman–Crippen LogP) is 6.76. The summed E-state index contributed by atoms with van der Waals surface area (Å²) >= 11 is 0. The van der Waals surface area contributed by atoms with E-state index in [2.05, 4.69) is 55.5 Å². The van der Waals surface area contributed by atoms with E-state index in [-0.39, 0.29) is 12.5 Å². The quantitative estimate of drug-likeness (QED) is 0.495. The van der Waals surface area contributed by atoms with Gasteiger partial charge in [0.15, 0.2) is 6.17 Å². The molecule has 2 aromatic carbocycles. The molecule has 2 nitrogen and oxygen atoms in total. The SMILES string of the molecule is CCCC[C@H](F)C(=O)O[C@H]1CC[C@H](c2ccc(-c3ccc(C)cc3)cc2)CC1. The van der Waals surface area contributed by atoms with Gasteiger partial charge in [0.25, 0.3) is 0 Å². The number of unbranched alkanes of at least 4 members (excludes halogenated alkanes) is 1. The highest BCUT2D eigenvalue weighted by molar-refractivity contribution is 5.74. The van der Waals surface area contributed by atoms with Crippen LogP contribution in [0.25, 0.3) is 11.1 Å². The molecule has 0 aromatic heterocycles. The Kier molecular flexibility index (Phi) is 7.24. The summed E-state index contributed by atoms with van der Waals surface area (Å²) in [4.78, 5) is 11.9. The summed E-state index contributed by atoms with van der Waals surface area (Å²) in [5, 5.41) is 0. The molecule has 150 valence electrons. The highest BCUT2D eigenvalue weighted by atomic mass is 19.1. The van der Waals surface area contributed by atoms with Gasteiger partial charge in [-0.15, -0.1) is 0 Å². The first kappa shape index (κ1) is 20.6. The molecular weight excluding hydrogens is 351 g/mol. The summed E-state index contributed by atoms with van der Waals surface area (Å²) in [6.45, 7) is 4.09. The zero-order valence-electron chi connectivity index (χ0n) is 17.0. The van der Waals surface area contributed by atoms with E-state index in [0.29, 0.717) is 5.92 Å². The van der Waals surface area contributed by atoms with Gasteiger partial charge in [-0.25, -0.2) is 9.18 Å². The van der Waals surface area contributed by atoms with Crippen LogP contribution in [0, 0.1) is 6.92 Å². The second-order valence-corrected chi connectivity index (χ2v) is 8.01. The van der Waals surface area contributed by atoms with Gasteiger partial charge in [-0.2, -0.15) is 0 Å². The van der Waals surface area contributed by atoms with Crippen LogP contribution in [0.5, 0.6) is 0 Å². The van der Waals surface area contributed by atoms with E-state index in [4.69, 9.17) is 4.74 Å². The van der Waals surface area contributed by atoms with E-state index in [9.17, 15) is 9.18 Å². The molecule has 0 radical (unpaired) electrons. The number of hydrogen-bond donors (Lipinski definition) is 0. The number of alkyl halides is 1. The molecule has 0 amide bonds. The lowest BCUT2D eigenvalue weighted by atomic mass is 9.82. The third-order valence-corrected chi connectivity index (χ3v) is 5.79. The number of carbonyl (C=O) groups excluding carboxylic acids is 1. The highest BCUT2D eigenvalue weighted by Gasteiger charge is 2.27. The van der Waals surface area contributed by atoms with E-state index in [1.807, 2.05) is 6.92 Å². The second kappa shape index (κ2) is 9.86. The average Bonchev–Trinajstić information content (AvgIpc) is 2.73. The Morgan fingerprint density at radius 1 is 1.00 bits per heavy atom. The Labute approximate surface area is 168 Å². The van der Waals surface area contributed by atoms with Crippen molar-refractivity contribution in [3.63, 3.8) is 0 Å². The van der Waals surface area contributed by atoms with Gasteiger partial charge in [0.1, 0.15) is 6.10 Å². The fourth-order valence-electron chi connectivity index (χ4n) is 3.95. The smallest absolute Gasteiger partial charge is 0.340 e. The van der Waals surface area contributed by atoms with Crippen molar-refractivity contribution in [3.8, 4) is 11.1 Å². The number of ether oxygens (including phenoxy) is 1. The molecule has 0 unspecified atom stereocenters. The first-order valence-electron chi connectivity index (χ1n) is 10.6. The molecule has 28 heavy (non-hydrogen) atoms. The van der Waals surface area contributed by atoms with Gasteiger partial charge < -0.3 is 4.74 Å². The monoisotopic (exact) mass is 382 g/mol. The molecular formula is C25H31FO2. The van der Waals surface area contributed by atoms with E-state index in [1.165, 1.54) is 22.3 Å². The Hall–Kier alpha value is -2.16. The summed E-state index contributed by atoms with van der Waals surface area (Å²) in [5.74, 6) is -0.178. The molecule has 0 spiro atoms. The second-order valence-electron chi connectivity index (χ2n) is 8.01.